The molecule has 1 unspecified atom stereocenters. The number of anilines is 1. The van der Waals surface area contributed by atoms with Crippen LogP contribution in [0.3, 0.4) is 0 Å². The van der Waals surface area contributed by atoms with E-state index in [-0.39, 0.29) is 25.1 Å². The van der Waals surface area contributed by atoms with E-state index in [9.17, 15) is 9.90 Å². The smallest absolute Gasteiger partial charge is 0.238 e. The topological polar surface area (TPSA) is 83.5 Å². The number of carbonyl (C=O) groups excluding carboxylic acids is 1. The molecule has 0 aromatic carbocycles. The van der Waals surface area contributed by atoms with Crippen molar-refractivity contribution in [2.24, 2.45) is 7.05 Å². The van der Waals surface area contributed by atoms with Crippen LogP contribution in [0.1, 0.15) is 24.8 Å². The Balaban J connectivity index is 2.03. The Morgan fingerprint density at radius 1 is 1.57 bits per heavy atom. The molecule has 2 aromatic rings. The Hall–Kier alpha value is -2.12. The highest BCUT2D eigenvalue weighted by molar-refractivity contribution is 5.92. The molecule has 0 saturated carbocycles. The second kappa shape index (κ2) is 7.94. The lowest BCUT2D eigenvalue weighted by Crippen LogP contribution is -2.42. The fourth-order valence-corrected chi connectivity index (χ4v) is 2.42. The largest absolute Gasteiger partial charge is 0.468 e. The summed E-state index contributed by atoms with van der Waals surface area (Å²) in [6.45, 7) is 4.53. The van der Waals surface area contributed by atoms with Crippen molar-refractivity contribution in [1.82, 2.24) is 14.7 Å². The third kappa shape index (κ3) is 4.43. The molecule has 0 aliphatic carbocycles. The maximum Gasteiger partial charge on any atom is 0.238 e. The quantitative estimate of drug-likeness (QED) is 0.771. The molecule has 2 aromatic heterocycles. The van der Waals surface area contributed by atoms with E-state index in [0.29, 0.717) is 12.2 Å². The van der Waals surface area contributed by atoms with Crippen molar-refractivity contribution in [1.29, 1.82) is 0 Å². The minimum Gasteiger partial charge on any atom is -0.468 e. The third-order valence-corrected chi connectivity index (χ3v) is 3.99. The number of aliphatic hydroxyl groups is 1. The molecule has 1 amide bonds. The molecule has 0 fully saturated rings. The number of furan rings is 1. The van der Waals surface area contributed by atoms with Crippen LogP contribution in [0.5, 0.6) is 0 Å². The first-order valence-corrected chi connectivity index (χ1v) is 7.70. The first-order chi connectivity index (χ1) is 11.0. The van der Waals surface area contributed by atoms with Gasteiger partial charge in [0.15, 0.2) is 0 Å². The number of hydrogen-bond acceptors (Lipinski definition) is 5. The normalized spacial score (nSPS) is 12.6. The van der Waals surface area contributed by atoms with E-state index >= 15 is 0 Å². The number of nitrogens with one attached hydrogen (secondary N) is 1. The van der Waals surface area contributed by atoms with Crippen molar-refractivity contribution in [2.45, 2.75) is 32.9 Å². The average molecular weight is 320 g/mol. The number of aliphatic hydroxyl groups excluding tert-OH is 1. The summed E-state index contributed by atoms with van der Waals surface area (Å²) < 4.78 is 7.06. The summed E-state index contributed by atoms with van der Waals surface area (Å²) >= 11 is 0. The number of rotatable bonds is 8. The number of aromatic nitrogens is 2. The number of hydrogen-bond donors (Lipinski definition) is 2. The van der Waals surface area contributed by atoms with Gasteiger partial charge < -0.3 is 14.8 Å². The second-order valence-corrected chi connectivity index (χ2v) is 5.54. The SMILES string of the molecule is CCC(CO)N(CC(=O)Nc1cnn(C)c1C)Cc1ccco1. The van der Waals surface area contributed by atoms with E-state index in [1.54, 1.807) is 17.1 Å². The molecular weight excluding hydrogens is 296 g/mol. The molecule has 7 nitrogen and oxygen atoms in total. The lowest BCUT2D eigenvalue weighted by molar-refractivity contribution is -0.118. The van der Waals surface area contributed by atoms with Crippen molar-refractivity contribution in [2.75, 3.05) is 18.5 Å². The zero-order valence-electron chi connectivity index (χ0n) is 13.8. The van der Waals surface area contributed by atoms with Gasteiger partial charge in [0.25, 0.3) is 0 Å². The Labute approximate surface area is 135 Å². The molecule has 23 heavy (non-hydrogen) atoms. The van der Waals surface area contributed by atoms with Crippen molar-refractivity contribution >= 4 is 11.6 Å². The maximum absolute atomic E-state index is 12.3. The first-order valence-electron chi connectivity index (χ1n) is 7.70. The van der Waals surface area contributed by atoms with Gasteiger partial charge in [0, 0.05) is 13.1 Å². The van der Waals surface area contributed by atoms with Gasteiger partial charge in [-0.05, 0) is 25.5 Å². The third-order valence-electron chi connectivity index (χ3n) is 3.99. The Morgan fingerprint density at radius 2 is 2.35 bits per heavy atom. The predicted octanol–water partition coefficient (Wildman–Crippen LogP) is 1.53. The molecule has 0 radical (unpaired) electrons. The molecule has 0 bridgehead atoms. The van der Waals surface area contributed by atoms with Crippen LogP contribution in [0.4, 0.5) is 5.69 Å². The van der Waals surface area contributed by atoms with Crippen molar-refractivity contribution in [3.8, 4) is 0 Å². The molecule has 0 spiro atoms. The van der Waals surface area contributed by atoms with Crippen molar-refractivity contribution < 1.29 is 14.3 Å². The van der Waals surface area contributed by atoms with Gasteiger partial charge in [-0.3, -0.25) is 14.4 Å². The highest BCUT2D eigenvalue weighted by Crippen LogP contribution is 2.14. The highest BCUT2D eigenvalue weighted by atomic mass is 16.3. The fourth-order valence-electron chi connectivity index (χ4n) is 2.42. The molecule has 2 heterocycles. The predicted molar refractivity (Wildman–Crippen MR) is 86.9 cm³/mol. The average Bonchev–Trinajstić information content (AvgIpc) is 3.14. The molecule has 0 saturated heterocycles. The summed E-state index contributed by atoms with van der Waals surface area (Å²) in [6.07, 6.45) is 3.98. The minimum atomic E-state index is -0.139. The molecule has 1 atom stereocenters. The molecule has 2 N–H and O–H groups in total. The van der Waals surface area contributed by atoms with Crippen LogP contribution in [0.25, 0.3) is 0 Å². The fraction of sp³-hybridized carbons (Fsp3) is 0.500. The maximum atomic E-state index is 12.3. The molecule has 126 valence electrons. The molecule has 0 aliphatic rings. The van der Waals surface area contributed by atoms with Crippen LogP contribution >= 0.6 is 0 Å². The van der Waals surface area contributed by atoms with Gasteiger partial charge >= 0.3 is 0 Å². The second-order valence-electron chi connectivity index (χ2n) is 5.54. The van der Waals surface area contributed by atoms with Crippen LogP contribution < -0.4 is 5.32 Å². The monoisotopic (exact) mass is 320 g/mol. The molecule has 0 aliphatic heterocycles. The summed E-state index contributed by atoms with van der Waals surface area (Å²) in [7, 11) is 1.83. The van der Waals surface area contributed by atoms with Crippen LogP contribution in [0, 0.1) is 6.92 Å². The van der Waals surface area contributed by atoms with Gasteiger partial charge in [-0.2, -0.15) is 5.10 Å². The summed E-state index contributed by atoms with van der Waals surface area (Å²) in [5, 5.41) is 16.5. The zero-order chi connectivity index (χ0) is 16.8. The number of aryl methyl sites for hydroxylation is 1. The Morgan fingerprint density at radius 3 is 2.87 bits per heavy atom. The van der Waals surface area contributed by atoms with Gasteiger partial charge in [-0.1, -0.05) is 6.92 Å². The van der Waals surface area contributed by atoms with Crippen LogP contribution in [0.15, 0.2) is 29.0 Å². The van der Waals surface area contributed by atoms with Crippen LogP contribution in [-0.4, -0.2) is 44.9 Å². The van der Waals surface area contributed by atoms with Gasteiger partial charge in [0.1, 0.15) is 5.76 Å². The number of nitrogens with zero attached hydrogens (tertiary/aromatic N) is 3. The minimum absolute atomic E-state index is 0.00356. The van der Waals surface area contributed by atoms with E-state index in [1.165, 1.54) is 0 Å². The van der Waals surface area contributed by atoms with E-state index in [1.807, 2.05) is 37.9 Å². The van der Waals surface area contributed by atoms with E-state index < -0.39 is 0 Å². The molecular formula is C16H24N4O3. The van der Waals surface area contributed by atoms with Crippen LogP contribution in [-0.2, 0) is 18.4 Å². The number of carbonyl (C=O) groups is 1. The standard InChI is InChI=1S/C16H24N4O3/c1-4-13(11-21)20(9-14-6-5-7-23-14)10-16(22)18-15-8-17-19(3)12(15)2/h5-8,13,21H,4,9-11H2,1-3H3,(H,18,22). The lowest BCUT2D eigenvalue weighted by atomic mass is 10.2. The van der Waals surface area contributed by atoms with E-state index in [4.69, 9.17) is 4.42 Å². The summed E-state index contributed by atoms with van der Waals surface area (Å²) in [5.41, 5.74) is 1.60. The van der Waals surface area contributed by atoms with Crippen LogP contribution in [0.2, 0.25) is 0 Å². The van der Waals surface area contributed by atoms with E-state index in [0.717, 1.165) is 17.9 Å². The molecule has 7 heteroatoms. The summed E-state index contributed by atoms with van der Waals surface area (Å²) in [4.78, 5) is 14.3. The summed E-state index contributed by atoms with van der Waals surface area (Å²) in [6, 6.07) is 3.58. The van der Waals surface area contributed by atoms with Gasteiger partial charge in [-0.25, -0.2) is 0 Å². The highest BCUT2D eigenvalue weighted by Gasteiger charge is 2.21. The zero-order valence-corrected chi connectivity index (χ0v) is 13.8. The lowest BCUT2D eigenvalue weighted by Gasteiger charge is -2.28. The summed E-state index contributed by atoms with van der Waals surface area (Å²) in [5.74, 6) is 0.627. The van der Waals surface area contributed by atoms with Crippen molar-refractivity contribution in [3.05, 3.63) is 36.0 Å². The Kier molecular flexibility index (Phi) is 5.95. The van der Waals surface area contributed by atoms with Gasteiger partial charge in [0.2, 0.25) is 5.91 Å². The van der Waals surface area contributed by atoms with E-state index in [2.05, 4.69) is 10.4 Å². The van der Waals surface area contributed by atoms with Gasteiger partial charge in [-0.15, -0.1) is 0 Å². The van der Waals surface area contributed by atoms with Crippen molar-refractivity contribution in [3.63, 3.8) is 0 Å². The number of amides is 1. The molecule has 2 rings (SSSR count). The first kappa shape index (κ1) is 17.2. The Bertz CT molecular complexity index is 617. The van der Waals surface area contributed by atoms with Gasteiger partial charge in [0.05, 0.1) is 43.5 Å².